The Morgan fingerprint density at radius 3 is 2.72 bits per heavy atom. The average Bonchev–Trinajstić information content (AvgIpc) is 3.09. The smallest absolute Gasteiger partial charge is 0.265 e. The topological polar surface area (TPSA) is 56.1 Å². The molecule has 0 aliphatic heterocycles. The normalized spacial score (nSPS) is 11.8. The Morgan fingerprint density at radius 2 is 2.04 bits per heavy atom. The van der Waals surface area contributed by atoms with Gasteiger partial charge in [-0.05, 0) is 48.9 Å². The summed E-state index contributed by atoms with van der Waals surface area (Å²) in [5.74, 6) is 0.338. The van der Waals surface area contributed by atoms with E-state index in [4.69, 9.17) is 16.3 Å². The molecule has 3 rings (SSSR count). The lowest BCUT2D eigenvalue weighted by molar-refractivity contribution is -0.122. The highest BCUT2D eigenvalue weighted by molar-refractivity contribution is 6.30. The Balaban J connectivity index is 1.56. The van der Waals surface area contributed by atoms with Crippen molar-refractivity contribution in [2.75, 3.05) is 5.32 Å². The summed E-state index contributed by atoms with van der Waals surface area (Å²) in [6.45, 7) is 2.39. The molecule has 5 nitrogen and oxygen atoms in total. The Morgan fingerprint density at radius 1 is 1.24 bits per heavy atom. The molecule has 2 aromatic carbocycles. The first-order valence-electron chi connectivity index (χ1n) is 7.89. The Kier molecular flexibility index (Phi) is 5.36. The van der Waals surface area contributed by atoms with Crippen LogP contribution in [0, 0.1) is 0 Å². The molecule has 1 unspecified atom stereocenters. The Bertz CT molecular complexity index is 832. The number of nitrogens with zero attached hydrogens (tertiary/aromatic N) is 2. The number of anilines is 1. The molecule has 1 N–H and O–H groups in total. The molecule has 1 atom stereocenters. The van der Waals surface area contributed by atoms with E-state index < -0.39 is 6.10 Å². The van der Waals surface area contributed by atoms with Crippen LogP contribution >= 0.6 is 11.6 Å². The van der Waals surface area contributed by atoms with Gasteiger partial charge in [0.05, 0.1) is 6.54 Å². The lowest BCUT2D eigenvalue weighted by atomic mass is 10.2. The van der Waals surface area contributed by atoms with E-state index in [0.717, 1.165) is 11.3 Å². The van der Waals surface area contributed by atoms with Gasteiger partial charge in [-0.25, -0.2) is 0 Å². The summed E-state index contributed by atoms with van der Waals surface area (Å²) in [6.07, 6.45) is 3.02. The standard InChI is InChI=1S/C19H18ClN3O2/c1-14(25-18-5-2-4-16(20)12-18)19(24)22-17-8-6-15(7-9-17)13-23-11-3-10-21-23/h2-12,14H,13H2,1H3,(H,22,24). The molecule has 0 aliphatic carbocycles. The molecule has 3 aromatic rings. The zero-order valence-electron chi connectivity index (χ0n) is 13.7. The van der Waals surface area contributed by atoms with Crippen LogP contribution in [0.5, 0.6) is 5.75 Å². The zero-order chi connectivity index (χ0) is 17.6. The number of benzene rings is 2. The van der Waals surface area contributed by atoms with Crippen LogP contribution in [0.15, 0.2) is 67.0 Å². The van der Waals surface area contributed by atoms with Gasteiger partial charge in [-0.1, -0.05) is 29.8 Å². The molecular weight excluding hydrogens is 338 g/mol. The van der Waals surface area contributed by atoms with Crippen molar-refractivity contribution >= 4 is 23.2 Å². The number of ether oxygens (including phenoxy) is 1. The summed E-state index contributed by atoms with van der Waals surface area (Å²) in [7, 11) is 0. The average molecular weight is 356 g/mol. The fraction of sp³-hybridized carbons (Fsp3) is 0.158. The highest BCUT2D eigenvalue weighted by Crippen LogP contribution is 2.19. The van der Waals surface area contributed by atoms with Gasteiger partial charge in [0, 0.05) is 23.1 Å². The van der Waals surface area contributed by atoms with Crippen LogP contribution in [-0.2, 0) is 11.3 Å². The molecule has 0 saturated heterocycles. The number of halogens is 1. The van der Waals surface area contributed by atoms with Crippen molar-refractivity contribution in [1.82, 2.24) is 9.78 Å². The first-order chi connectivity index (χ1) is 12.1. The lowest BCUT2D eigenvalue weighted by Crippen LogP contribution is -2.30. The summed E-state index contributed by atoms with van der Waals surface area (Å²) in [4.78, 5) is 12.3. The quantitative estimate of drug-likeness (QED) is 0.727. The van der Waals surface area contributed by atoms with Crippen LogP contribution in [0.1, 0.15) is 12.5 Å². The summed E-state index contributed by atoms with van der Waals surface area (Å²) in [5, 5.41) is 7.58. The molecule has 6 heteroatoms. The van der Waals surface area contributed by atoms with Crippen LogP contribution in [0.2, 0.25) is 5.02 Å². The minimum absolute atomic E-state index is 0.222. The SMILES string of the molecule is CC(Oc1cccc(Cl)c1)C(=O)Nc1ccc(Cn2cccn2)cc1. The van der Waals surface area contributed by atoms with E-state index in [1.807, 2.05) is 41.2 Å². The number of carbonyl (C=O) groups is 1. The van der Waals surface area contributed by atoms with Crippen molar-refractivity contribution in [3.05, 3.63) is 77.6 Å². The number of aromatic nitrogens is 2. The highest BCUT2D eigenvalue weighted by Gasteiger charge is 2.15. The third-order valence-corrected chi connectivity index (χ3v) is 3.84. The minimum Gasteiger partial charge on any atom is -0.481 e. The third kappa shape index (κ3) is 4.84. The van der Waals surface area contributed by atoms with E-state index in [0.29, 0.717) is 17.3 Å². The number of amides is 1. The van der Waals surface area contributed by atoms with Crippen molar-refractivity contribution in [3.8, 4) is 5.75 Å². The lowest BCUT2D eigenvalue weighted by Gasteiger charge is -2.15. The van der Waals surface area contributed by atoms with Crippen molar-refractivity contribution < 1.29 is 9.53 Å². The maximum absolute atomic E-state index is 12.3. The fourth-order valence-electron chi connectivity index (χ4n) is 2.32. The van der Waals surface area contributed by atoms with Crippen molar-refractivity contribution in [2.45, 2.75) is 19.6 Å². The second kappa shape index (κ2) is 7.85. The van der Waals surface area contributed by atoms with Crippen LogP contribution in [0.4, 0.5) is 5.69 Å². The van der Waals surface area contributed by atoms with Crippen LogP contribution in [0.3, 0.4) is 0 Å². The fourth-order valence-corrected chi connectivity index (χ4v) is 2.50. The summed E-state index contributed by atoms with van der Waals surface area (Å²) in [6, 6.07) is 16.5. The van der Waals surface area contributed by atoms with Gasteiger partial charge in [0.1, 0.15) is 5.75 Å². The second-order valence-electron chi connectivity index (χ2n) is 5.61. The molecular formula is C19H18ClN3O2. The molecule has 128 valence electrons. The molecule has 1 amide bonds. The van der Waals surface area contributed by atoms with Crippen molar-refractivity contribution in [1.29, 1.82) is 0 Å². The predicted molar refractivity (Wildman–Crippen MR) is 97.9 cm³/mol. The predicted octanol–water partition coefficient (Wildman–Crippen LogP) is 3.99. The van der Waals surface area contributed by atoms with Crippen molar-refractivity contribution in [2.24, 2.45) is 0 Å². The van der Waals surface area contributed by atoms with Crippen molar-refractivity contribution in [3.63, 3.8) is 0 Å². The minimum atomic E-state index is -0.637. The van der Waals surface area contributed by atoms with Gasteiger partial charge < -0.3 is 10.1 Å². The molecule has 0 bridgehead atoms. The van der Waals surface area contributed by atoms with Crippen LogP contribution < -0.4 is 10.1 Å². The summed E-state index contributed by atoms with van der Waals surface area (Å²) < 4.78 is 7.46. The molecule has 0 aliphatic rings. The number of hydrogen-bond donors (Lipinski definition) is 1. The molecule has 1 aromatic heterocycles. The number of rotatable bonds is 6. The number of nitrogens with one attached hydrogen (secondary N) is 1. The largest absolute Gasteiger partial charge is 0.481 e. The van der Waals surface area contributed by atoms with E-state index >= 15 is 0 Å². The zero-order valence-corrected chi connectivity index (χ0v) is 14.5. The van der Waals surface area contributed by atoms with Gasteiger partial charge >= 0.3 is 0 Å². The van der Waals surface area contributed by atoms with Gasteiger partial charge in [-0.15, -0.1) is 0 Å². The second-order valence-corrected chi connectivity index (χ2v) is 6.04. The van der Waals surface area contributed by atoms with Crippen LogP contribution in [-0.4, -0.2) is 21.8 Å². The van der Waals surface area contributed by atoms with Gasteiger partial charge in [-0.2, -0.15) is 5.10 Å². The van der Waals surface area contributed by atoms with Gasteiger partial charge in [0.25, 0.3) is 5.91 Å². The Hall–Kier alpha value is -2.79. The number of carbonyl (C=O) groups excluding carboxylic acids is 1. The van der Waals surface area contributed by atoms with Crippen LogP contribution in [0.25, 0.3) is 0 Å². The molecule has 0 fully saturated rings. The number of hydrogen-bond acceptors (Lipinski definition) is 3. The summed E-state index contributed by atoms with van der Waals surface area (Å²) in [5.41, 5.74) is 1.82. The van der Waals surface area contributed by atoms with E-state index in [1.165, 1.54) is 0 Å². The van der Waals surface area contributed by atoms with E-state index in [9.17, 15) is 4.79 Å². The summed E-state index contributed by atoms with van der Waals surface area (Å²) >= 11 is 5.92. The molecule has 0 radical (unpaired) electrons. The van der Waals surface area contributed by atoms with Gasteiger partial charge in [0.15, 0.2) is 6.10 Å². The monoisotopic (exact) mass is 355 g/mol. The van der Waals surface area contributed by atoms with Gasteiger partial charge in [-0.3, -0.25) is 9.48 Å². The van der Waals surface area contributed by atoms with E-state index in [1.54, 1.807) is 37.4 Å². The highest BCUT2D eigenvalue weighted by atomic mass is 35.5. The molecule has 1 heterocycles. The van der Waals surface area contributed by atoms with E-state index in [-0.39, 0.29) is 5.91 Å². The maximum Gasteiger partial charge on any atom is 0.265 e. The Labute approximate surface area is 151 Å². The first kappa shape index (κ1) is 17.0. The van der Waals surface area contributed by atoms with Gasteiger partial charge in [0.2, 0.25) is 0 Å². The molecule has 0 spiro atoms. The first-order valence-corrected chi connectivity index (χ1v) is 8.27. The third-order valence-electron chi connectivity index (χ3n) is 3.60. The van der Waals surface area contributed by atoms with E-state index in [2.05, 4.69) is 10.4 Å². The molecule has 25 heavy (non-hydrogen) atoms. The maximum atomic E-state index is 12.3. The molecule has 0 saturated carbocycles.